The highest BCUT2D eigenvalue weighted by atomic mass is 16.7. The van der Waals surface area contributed by atoms with Gasteiger partial charge in [0, 0.05) is 7.11 Å². The lowest BCUT2D eigenvalue weighted by Crippen LogP contribution is -1.89. The van der Waals surface area contributed by atoms with E-state index in [1.54, 1.807) is 13.4 Å². The minimum absolute atomic E-state index is 0.296. The first-order valence-corrected chi connectivity index (χ1v) is 4.17. The molecule has 0 aromatic heterocycles. The molecular weight excluding hydrogens is 164 g/mol. The molecule has 0 aliphatic rings. The number of hydrogen-bond donors (Lipinski definition) is 0. The van der Waals surface area contributed by atoms with Crippen LogP contribution in [0.2, 0.25) is 0 Å². The molecule has 0 saturated heterocycles. The first-order chi connectivity index (χ1) is 6.34. The fraction of sp³-hybridized carbons (Fsp3) is 0.273. The maximum atomic E-state index is 5.11. The van der Waals surface area contributed by atoms with Crippen molar-refractivity contribution in [1.82, 2.24) is 0 Å². The van der Waals surface area contributed by atoms with Crippen molar-refractivity contribution in [2.75, 3.05) is 13.9 Å². The number of allylic oxidation sites excluding steroid dienone is 1. The molecule has 0 unspecified atom stereocenters. The van der Waals surface area contributed by atoms with E-state index in [-0.39, 0.29) is 0 Å². The van der Waals surface area contributed by atoms with Gasteiger partial charge in [0.15, 0.2) is 6.79 Å². The monoisotopic (exact) mass is 178 g/mol. The zero-order valence-corrected chi connectivity index (χ0v) is 7.99. The molecule has 70 valence electrons. The van der Waals surface area contributed by atoms with Gasteiger partial charge in [0.1, 0.15) is 0 Å². The molecule has 0 aliphatic carbocycles. The molecule has 0 bridgehead atoms. The largest absolute Gasteiger partial charge is 0.475 e. The summed E-state index contributed by atoms with van der Waals surface area (Å²) in [6.45, 7) is 2.30. The van der Waals surface area contributed by atoms with E-state index in [0.717, 1.165) is 5.57 Å². The van der Waals surface area contributed by atoms with E-state index in [1.165, 1.54) is 5.56 Å². The lowest BCUT2D eigenvalue weighted by atomic mass is 10.1. The first-order valence-electron chi connectivity index (χ1n) is 4.17. The van der Waals surface area contributed by atoms with Gasteiger partial charge in [-0.05, 0) is 18.1 Å². The summed E-state index contributed by atoms with van der Waals surface area (Å²) in [7, 11) is 1.60. The second-order valence-electron chi connectivity index (χ2n) is 2.74. The Hall–Kier alpha value is -1.28. The number of hydrogen-bond acceptors (Lipinski definition) is 2. The fourth-order valence-electron chi connectivity index (χ4n) is 0.996. The quantitative estimate of drug-likeness (QED) is 0.401. The van der Waals surface area contributed by atoms with Crippen LogP contribution in [0.1, 0.15) is 12.5 Å². The molecule has 13 heavy (non-hydrogen) atoms. The molecule has 0 amide bonds. The third-order valence-electron chi connectivity index (χ3n) is 1.68. The summed E-state index contributed by atoms with van der Waals surface area (Å²) in [6.07, 6.45) is 1.71. The zero-order chi connectivity index (χ0) is 9.52. The van der Waals surface area contributed by atoms with Gasteiger partial charge in [0.05, 0.1) is 6.26 Å². The van der Waals surface area contributed by atoms with Crippen LogP contribution in [0.5, 0.6) is 0 Å². The Morgan fingerprint density at radius 2 is 2.00 bits per heavy atom. The molecule has 1 aromatic carbocycles. The number of methoxy groups -OCH3 is 1. The first kappa shape index (κ1) is 9.81. The van der Waals surface area contributed by atoms with E-state index in [9.17, 15) is 0 Å². The Balaban J connectivity index is 2.57. The highest BCUT2D eigenvalue weighted by Gasteiger charge is 1.92. The maximum Gasteiger partial charge on any atom is 0.187 e. The predicted molar refractivity (Wildman–Crippen MR) is 53.1 cm³/mol. The van der Waals surface area contributed by atoms with E-state index < -0.39 is 0 Å². The lowest BCUT2D eigenvalue weighted by molar-refractivity contribution is 0.0204. The van der Waals surface area contributed by atoms with Gasteiger partial charge in [-0.25, -0.2) is 0 Å². The number of ether oxygens (including phenoxy) is 2. The summed E-state index contributed by atoms with van der Waals surface area (Å²) in [5.74, 6) is 0. The molecule has 1 aromatic rings. The van der Waals surface area contributed by atoms with E-state index in [0.29, 0.717) is 6.79 Å². The summed E-state index contributed by atoms with van der Waals surface area (Å²) < 4.78 is 9.88. The molecule has 1 rings (SSSR count). The summed E-state index contributed by atoms with van der Waals surface area (Å²) >= 11 is 0. The zero-order valence-electron chi connectivity index (χ0n) is 7.99. The summed E-state index contributed by atoms with van der Waals surface area (Å²) in [5.41, 5.74) is 2.26. The molecule has 0 spiro atoms. The van der Waals surface area contributed by atoms with Crippen LogP contribution in [0.15, 0.2) is 36.6 Å². The molecule has 0 heterocycles. The van der Waals surface area contributed by atoms with Crippen LogP contribution in [-0.4, -0.2) is 13.9 Å². The van der Waals surface area contributed by atoms with Crippen molar-refractivity contribution < 1.29 is 9.47 Å². The van der Waals surface area contributed by atoms with Crippen molar-refractivity contribution in [3.05, 3.63) is 42.2 Å². The standard InChI is InChI=1S/C11H14O2/c1-10(8-13-9-12-2)11-6-4-3-5-7-11/h3-8H,9H2,1-2H3. The Morgan fingerprint density at radius 3 is 2.62 bits per heavy atom. The number of rotatable bonds is 4. The maximum absolute atomic E-state index is 5.11. The molecule has 0 saturated carbocycles. The topological polar surface area (TPSA) is 18.5 Å². The molecule has 0 radical (unpaired) electrons. The SMILES string of the molecule is COCOC=C(C)c1ccccc1. The van der Waals surface area contributed by atoms with Gasteiger partial charge < -0.3 is 9.47 Å². The van der Waals surface area contributed by atoms with E-state index in [2.05, 4.69) is 0 Å². The van der Waals surface area contributed by atoms with Crippen LogP contribution in [0.3, 0.4) is 0 Å². The molecular formula is C11H14O2. The second kappa shape index (κ2) is 5.38. The summed E-state index contributed by atoms with van der Waals surface area (Å²) in [6, 6.07) is 10.1. The lowest BCUT2D eigenvalue weighted by Gasteiger charge is -2.02. The van der Waals surface area contributed by atoms with E-state index in [4.69, 9.17) is 9.47 Å². The van der Waals surface area contributed by atoms with Crippen LogP contribution >= 0.6 is 0 Å². The molecule has 0 fully saturated rings. The van der Waals surface area contributed by atoms with Gasteiger partial charge in [-0.15, -0.1) is 0 Å². The predicted octanol–water partition coefficient (Wildman–Crippen LogP) is 2.67. The Kier molecular flexibility index (Phi) is 4.06. The van der Waals surface area contributed by atoms with Crippen molar-refractivity contribution in [2.24, 2.45) is 0 Å². The van der Waals surface area contributed by atoms with Crippen molar-refractivity contribution in [3.8, 4) is 0 Å². The normalized spacial score (nSPS) is 11.4. The van der Waals surface area contributed by atoms with Crippen molar-refractivity contribution >= 4 is 5.57 Å². The fourth-order valence-corrected chi connectivity index (χ4v) is 0.996. The average molecular weight is 178 g/mol. The van der Waals surface area contributed by atoms with Crippen LogP contribution in [-0.2, 0) is 9.47 Å². The smallest absolute Gasteiger partial charge is 0.187 e. The van der Waals surface area contributed by atoms with Crippen molar-refractivity contribution in [1.29, 1.82) is 0 Å². The number of benzene rings is 1. The van der Waals surface area contributed by atoms with Crippen LogP contribution in [0.4, 0.5) is 0 Å². The molecule has 2 nitrogen and oxygen atoms in total. The van der Waals surface area contributed by atoms with Crippen LogP contribution in [0.25, 0.3) is 5.57 Å². The third-order valence-corrected chi connectivity index (χ3v) is 1.68. The highest BCUT2D eigenvalue weighted by molar-refractivity contribution is 5.62. The third kappa shape index (κ3) is 3.30. The average Bonchev–Trinajstić information content (AvgIpc) is 2.19. The second-order valence-corrected chi connectivity index (χ2v) is 2.74. The highest BCUT2D eigenvalue weighted by Crippen LogP contribution is 2.12. The Labute approximate surface area is 78.8 Å². The van der Waals surface area contributed by atoms with Crippen LogP contribution in [0, 0.1) is 0 Å². The molecule has 0 aliphatic heterocycles. The van der Waals surface area contributed by atoms with Gasteiger partial charge in [0.25, 0.3) is 0 Å². The van der Waals surface area contributed by atoms with Gasteiger partial charge in [-0.1, -0.05) is 30.3 Å². The van der Waals surface area contributed by atoms with Crippen molar-refractivity contribution in [3.63, 3.8) is 0 Å². The molecule has 2 heteroatoms. The summed E-state index contributed by atoms with van der Waals surface area (Å²) in [5, 5.41) is 0. The Morgan fingerprint density at radius 1 is 1.31 bits per heavy atom. The van der Waals surface area contributed by atoms with E-state index in [1.807, 2.05) is 37.3 Å². The van der Waals surface area contributed by atoms with E-state index >= 15 is 0 Å². The van der Waals surface area contributed by atoms with Gasteiger partial charge in [-0.2, -0.15) is 0 Å². The molecule has 0 N–H and O–H groups in total. The minimum atomic E-state index is 0.296. The minimum Gasteiger partial charge on any atom is -0.475 e. The van der Waals surface area contributed by atoms with Gasteiger partial charge in [-0.3, -0.25) is 0 Å². The summed E-state index contributed by atoms with van der Waals surface area (Å²) in [4.78, 5) is 0. The molecule has 0 atom stereocenters. The van der Waals surface area contributed by atoms with Gasteiger partial charge in [0.2, 0.25) is 0 Å². The Bertz CT molecular complexity index is 265. The van der Waals surface area contributed by atoms with Crippen molar-refractivity contribution in [2.45, 2.75) is 6.92 Å². The van der Waals surface area contributed by atoms with Gasteiger partial charge >= 0.3 is 0 Å². The van der Waals surface area contributed by atoms with Crippen LogP contribution < -0.4 is 0 Å².